The van der Waals surface area contributed by atoms with Crippen LogP contribution in [0.15, 0.2) is 42.5 Å². The molecule has 2 rings (SSSR count). The third-order valence-electron chi connectivity index (χ3n) is 3.80. The Morgan fingerprint density at radius 3 is 1.70 bits per heavy atom. The maximum absolute atomic E-state index is 3.44. The third-order valence-corrected chi connectivity index (χ3v) is 3.80. The van der Waals surface area contributed by atoms with Gasteiger partial charge in [0.25, 0.3) is 0 Å². The molecule has 2 aromatic carbocycles. The molecule has 0 heterocycles. The van der Waals surface area contributed by atoms with Crippen molar-refractivity contribution >= 4 is 0 Å². The molecule has 1 N–H and O–H groups in total. The molecular formula is C19H25N. The van der Waals surface area contributed by atoms with Crippen LogP contribution >= 0.6 is 0 Å². The summed E-state index contributed by atoms with van der Waals surface area (Å²) < 4.78 is 0. The fraction of sp³-hybridized carbons (Fsp3) is 0.368. The van der Waals surface area contributed by atoms with Crippen LogP contribution in [-0.4, -0.2) is 7.05 Å². The summed E-state index contributed by atoms with van der Waals surface area (Å²) in [6.07, 6.45) is 0. The number of hydrogen-bond donors (Lipinski definition) is 1. The second kappa shape index (κ2) is 6.23. The molecule has 1 heteroatoms. The van der Waals surface area contributed by atoms with Crippen LogP contribution in [0, 0.1) is 13.8 Å². The first-order chi connectivity index (χ1) is 9.51. The molecule has 0 amide bonds. The molecule has 106 valence electrons. The van der Waals surface area contributed by atoms with Crippen LogP contribution in [0.4, 0.5) is 0 Å². The van der Waals surface area contributed by atoms with Crippen LogP contribution in [0.2, 0.25) is 0 Å². The SMILES string of the molecule is CNC(c1ccc(C(C)C)cc1)c1cc(C)cc(C)c1. The van der Waals surface area contributed by atoms with Gasteiger partial charge in [-0.2, -0.15) is 0 Å². The fourth-order valence-corrected chi connectivity index (χ4v) is 2.78. The van der Waals surface area contributed by atoms with Gasteiger partial charge in [-0.3, -0.25) is 0 Å². The van der Waals surface area contributed by atoms with E-state index in [4.69, 9.17) is 0 Å². The second-order valence-corrected chi connectivity index (χ2v) is 5.96. The van der Waals surface area contributed by atoms with Crippen LogP contribution in [0.3, 0.4) is 0 Å². The summed E-state index contributed by atoms with van der Waals surface area (Å²) in [5.74, 6) is 0.582. The molecule has 0 saturated heterocycles. The summed E-state index contributed by atoms with van der Waals surface area (Å²) in [5.41, 5.74) is 6.69. The molecule has 0 aromatic heterocycles. The molecule has 1 unspecified atom stereocenters. The molecule has 0 saturated carbocycles. The molecule has 0 aliphatic rings. The largest absolute Gasteiger partial charge is 0.309 e. The molecule has 20 heavy (non-hydrogen) atoms. The zero-order valence-electron chi connectivity index (χ0n) is 13.2. The minimum atomic E-state index is 0.259. The van der Waals surface area contributed by atoms with Crippen LogP contribution < -0.4 is 5.32 Å². The summed E-state index contributed by atoms with van der Waals surface area (Å²) in [6, 6.07) is 16.0. The first-order valence-electron chi connectivity index (χ1n) is 7.36. The first kappa shape index (κ1) is 14.8. The zero-order valence-corrected chi connectivity index (χ0v) is 13.2. The second-order valence-electron chi connectivity index (χ2n) is 5.96. The number of rotatable bonds is 4. The fourth-order valence-electron chi connectivity index (χ4n) is 2.78. The molecule has 1 atom stereocenters. The molecule has 0 spiro atoms. The molecule has 2 aromatic rings. The highest BCUT2D eigenvalue weighted by molar-refractivity contribution is 5.38. The molecular weight excluding hydrogens is 242 g/mol. The van der Waals surface area contributed by atoms with Crippen molar-refractivity contribution in [2.75, 3.05) is 7.05 Å². The van der Waals surface area contributed by atoms with Gasteiger partial charge in [-0.1, -0.05) is 67.4 Å². The summed E-state index contributed by atoms with van der Waals surface area (Å²) in [5, 5.41) is 3.44. The van der Waals surface area contributed by atoms with E-state index in [1.54, 1.807) is 0 Å². The lowest BCUT2D eigenvalue weighted by atomic mass is 9.93. The van der Waals surface area contributed by atoms with Gasteiger partial charge in [0.15, 0.2) is 0 Å². The van der Waals surface area contributed by atoms with Crippen molar-refractivity contribution in [3.8, 4) is 0 Å². The van der Waals surface area contributed by atoms with Gasteiger partial charge < -0.3 is 5.32 Å². The van der Waals surface area contributed by atoms with E-state index in [0.717, 1.165) is 0 Å². The van der Waals surface area contributed by atoms with Crippen molar-refractivity contribution in [2.45, 2.75) is 39.7 Å². The smallest absolute Gasteiger partial charge is 0.0574 e. The van der Waals surface area contributed by atoms with E-state index in [2.05, 4.69) is 75.5 Å². The Kier molecular flexibility index (Phi) is 4.61. The van der Waals surface area contributed by atoms with E-state index >= 15 is 0 Å². The van der Waals surface area contributed by atoms with Crippen molar-refractivity contribution < 1.29 is 0 Å². The predicted octanol–water partition coefficient (Wildman–Crippen LogP) is 4.74. The molecule has 0 fully saturated rings. The van der Waals surface area contributed by atoms with Gasteiger partial charge >= 0.3 is 0 Å². The summed E-state index contributed by atoms with van der Waals surface area (Å²) in [4.78, 5) is 0. The Balaban J connectivity index is 2.36. The van der Waals surface area contributed by atoms with Gasteiger partial charge in [0.2, 0.25) is 0 Å². The highest BCUT2D eigenvalue weighted by atomic mass is 14.9. The minimum Gasteiger partial charge on any atom is -0.309 e. The standard InChI is InChI=1S/C19H25N/c1-13(2)16-6-8-17(9-7-16)19(20-5)18-11-14(3)10-15(4)12-18/h6-13,19-20H,1-5H3. The summed E-state index contributed by atoms with van der Waals surface area (Å²) in [6.45, 7) is 8.78. The van der Waals surface area contributed by atoms with Crippen molar-refractivity contribution in [1.82, 2.24) is 5.32 Å². The van der Waals surface area contributed by atoms with Crippen molar-refractivity contribution in [1.29, 1.82) is 0 Å². The average molecular weight is 267 g/mol. The summed E-state index contributed by atoms with van der Waals surface area (Å²) >= 11 is 0. The zero-order chi connectivity index (χ0) is 14.7. The quantitative estimate of drug-likeness (QED) is 0.844. The van der Waals surface area contributed by atoms with E-state index in [1.807, 2.05) is 7.05 Å². The Labute approximate surface area is 123 Å². The predicted molar refractivity (Wildman–Crippen MR) is 87.3 cm³/mol. The number of benzene rings is 2. The minimum absolute atomic E-state index is 0.259. The van der Waals surface area contributed by atoms with Gasteiger partial charge in [0.05, 0.1) is 6.04 Å². The molecule has 0 radical (unpaired) electrons. The highest BCUT2D eigenvalue weighted by Gasteiger charge is 2.13. The van der Waals surface area contributed by atoms with E-state index in [0.29, 0.717) is 5.92 Å². The highest BCUT2D eigenvalue weighted by Crippen LogP contribution is 2.25. The topological polar surface area (TPSA) is 12.0 Å². The lowest BCUT2D eigenvalue weighted by molar-refractivity contribution is 0.689. The van der Waals surface area contributed by atoms with E-state index in [1.165, 1.54) is 27.8 Å². The molecule has 0 bridgehead atoms. The van der Waals surface area contributed by atoms with Crippen molar-refractivity contribution in [3.63, 3.8) is 0 Å². The van der Waals surface area contributed by atoms with Gasteiger partial charge in [0, 0.05) is 0 Å². The maximum Gasteiger partial charge on any atom is 0.0574 e. The van der Waals surface area contributed by atoms with Crippen LogP contribution in [0.1, 0.15) is 53.6 Å². The van der Waals surface area contributed by atoms with Crippen molar-refractivity contribution in [2.24, 2.45) is 0 Å². The van der Waals surface area contributed by atoms with Crippen LogP contribution in [0.5, 0.6) is 0 Å². The van der Waals surface area contributed by atoms with E-state index in [-0.39, 0.29) is 6.04 Å². The molecule has 0 aliphatic carbocycles. The maximum atomic E-state index is 3.44. The van der Waals surface area contributed by atoms with E-state index in [9.17, 15) is 0 Å². The Morgan fingerprint density at radius 1 is 0.750 bits per heavy atom. The van der Waals surface area contributed by atoms with Gasteiger partial charge in [0.1, 0.15) is 0 Å². The number of nitrogens with one attached hydrogen (secondary N) is 1. The molecule has 1 nitrogen and oxygen atoms in total. The van der Waals surface area contributed by atoms with Gasteiger partial charge in [-0.15, -0.1) is 0 Å². The average Bonchev–Trinajstić information content (AvgIpc) is 2.39. The van der Waals surface area contributed by atoms with Gasteiger partial charge in [-0.05, 0) is 43.5 Å². The number of aryl methyl sites for hydroxylation is 2. The van der Waals surface area contributed by atoms with Crippen LogP contribution in [0.25, 0.3) is 0 Å². The lowest BCUT2D eigenvalue weighted by Gasteiger charge is -2.19. The number of hydrogen-bond acceptors (Lipinski definition) is 1. The third kappa shape index (κ3) is 3.29. The van der Waals surface area contributed by atoms with Crippen LogP contribution in [-0.2, 0) is 0 Å². The van der Waals surface area contributed by atoms with Gasteiger partial charge in [-0.25, -0.2) is 0 Å². The first-order valence-corrected chi connectivity index (χ1v) is 7.36. The Morgan fingerprint density at radius 2 is 1.25 bits per heavy atom. The Hall–Kier alpha value is -1.60. The Bertz CT molecular complexity index is 547. The van der Waals surface area contributed by atoms with E-state index < -0.39 is 0 Å². The van der Waals surface area contributed by atoms with Crippen molar-refractivity contribution in [3.05, 3.63) is 70.3 Å². The lowest BCUT2D eigenvalue weighted by Crippen LogP contribution is -2.18. The molecule has 0 aliphatic heterocycles. The summed E-state index contributed by atoms with van der Waals surface area (Å²) in [7, 11) is 2.03. The monoisotopic (exact) mass is 267 g/mol. The normalized spacial score (nSPS) is 12.7.